The molecular weight excluding hydrogens is 500 g/mol. The molecule has 4 aromatic rings. The van der Waals surface area contributed by atoms with Crippen LogP contribution in [0.25, 0.3) is 32.0 Å². The third-order valence-electron chi connectivity index (χ3n) is 5.90. The maximum Gasteiger partial charge on any atom is 0.219 e. The minimum absolute atomic E-state index is 0.174. The van der Waals surface area contributed by atoms with E-state index in [2.05, 4.69) is 14.9 Å². The molecule has 0 radical (unpaired) electrons. The molecule has 0 spiro atoms. The first-order chi connectivity index (χ1) is 17.2. The van der Waals surface area contributed by atoms with E-state index in [0.717, 1.165) is 32.0 Å². The molecule has 188 valence electrons. The Kier molecular flexibility index (Phi) is 6.60. The summed E-state index contributed by atoms with van der Waals surface area (Å²) >= 11 is 1.53. The Labute approximate surface area is 212 Å². The third kappa shape index (κ3) is 4.76. The van der Waals surface area contributed by atoms with Gasteiger partial charge in [-0.15, -0.1) is 11.3 Å². The van der Waals surface area contributed by atoms with E-state index in [-0.39, 0.29) is 16.6 Å². The second-order valence-electron chi connectivity index (χ2n) is 8.69. The molecule has 4 heterocycles. The number of anilines is 2. The van der Waals surface area contributed by atoms with Crippen molar-refractivity contribution in [1.29, 1.82) is 0 Å². The average molecular weight is 527 g/mol. The minimum atomic E-state index is -3.62. The SMILES string of the molecule is Cc1c(-c2cccc(S(=O)(=O)C[C@H](C)O)c2)sc2c(N3CCOCC3)nc(-c3cnc(N)nc3)nc12. The Hall–Kier alpha value is -3.19. The largest absolute Gasteiger partial charge is 0.392 e. The van der Waals surface area contributed by atoms with Crippen LogP contribution in [0.1, 0.15) is 12.5 Å². The van der Waals surface area contributed by atoms with Crippen LogP contribution in [0.4, 0.5) is 11.8 Å². The Balaban J connectivity index is 1.67. The molecule has 5 rings (SSSR count). The molecule has 0 amide bonds. The smallest absolute Gasteiger partial charge is 0.219 e. The van der Waals surface area contributed by atoms with Crippen molar-refractivity contribution in [2.45, 2.75) is 24.8 Å². The highest BCUT2D eigenvalue weighted by atomic mass is 32.2. The summed E-state index contributed by atoms with van der Waals surface area (Å²) < 4.78 is 32.0. The van der Waals surface area contributed by atoms with E-state index < -0.39 is 15.9 Å². The first-order valence-electron chi connectivity index (χ1n) is 11.5. The second-order valence-corrected chi connectivity index (χ2v) is 11.7. The summed E-state index contributed by atoms with van der Waals surface area (Å²) in [4.78, 5) is 21.2. The molecule has 0 unspecified atom stereocenters. The van der Waals surface area contributed by atoms with E-state index in [9.17, 15) is 13.5 Å². The van der Waals surface area contributed by atoms with Gasteiger partial charge in [0.1, 0.15) is 0 Å². The monoisotopic (exact) mass is 526 g/mol. The summed E-state index contributed by atoms with van der Waals surface area (Å²) in [6, 6.07) is 6.82. The van der Waals surface area contributed by atoms with E-state index in [1.165, 1.54) is 18.3 Å². The van der Waals surface area contributed by atoms with Crippen LogP contribution in [0.5, 0.6) is 0 Å². The van der Waals surface area contributed by atoms with Gasteiger partial charge in [0.25, 0.3) is 0 Å². The number of nitrogens with two attached hydrogens (primary N) is 1. The number of nitrogens with zero attached hydrogens (tertiary/aromatic N) is 5. The van der Waals surface area contributed by atoms with Gasteiger partial charge in [0, 0.05) is 30.4 Å². The number of nitrogen functional groups attached to an aromatic ring is 1. The van der Waals surface area contributed by atoms with Crippen LogP contribution in [0.15, 0.2) is 41.6 Å². The number of sulfone groups is 1. The van der Waals surface area contributed by atoms with Gasteiger partial charge >= 0.3 is 0 Å². The molecular formula is C24H26N6O4S2. The molecule has 36 heavy (non-hydrogen) atoms. The predicted molar refractivity (Wildman–Crippen MR) is 140 cm³/mol. The molecule has 0 aliphatic carbocycles. The quantitative estimate of drug-likeness (QED) is 0.385. The van der Waals surface area contributed by atoms with Gasteiger partial charge in [-0.3, -0.25) is 0 Å². The zero-order valence-electron chi connectivity index (χ0n) is 19.9. The number of ether oxygens (including phenoxy) is 1. The van der Waals surface area contributed by atoms with Crippen molar-refractivity contribution < 1.29 is 18.3 Å². The lowest BCUT2D eigenvalue weighted by atomic mass is 10.1. The lowest BCUT2D eigenvalue weighted by Crippen LogP contribution is -2.36. The summed E-state index contributed by atoms with van der Waals surface area (Å²) in [5.41, 5.74) is 8.80. The Morgan fingerprint density at radius 1 is 1.17 bits per heavy atom. The molecule has 1 aromatic carbocycles. The van der Waals surface area contributed by atoms with E-state index in [4.69, 9.17) is 20.4 Å². The van der Waals surface area contributed by atoms with Crippen molar-refractivity contribution in [2.24, 2.45) is 0 Å². The summed E-state index contributed by atoms with van der Waals surface area (Å²) in [5, 5.41) is 9.64. The fourth-order valence-electron chi connectivity index (χ4n) is 4.16. The van der Waals surface area contributed by atoms with Crippen molar-refractivity contribution in [3.63, 3.8) is 0 Å². The zero-order valence-corrected chi connectivity index (χ0v) is 21.5. The van der Waals surface area contributed by atoms with Gasteiger partial charge in [-0.1, -0.05) is 12.1 Å². The molecule has 0 bridgehead atoms. The van der Waals surface area contributed by atoms with Gasteiger partial charge in [-0.2, -0.15) is 0 Å². The second kappa shape index (κ2) is 9.69. The molecule has 12 heteroatoms. The minimum Gasteiger partial charge on any atom is -0.392 e. The molecule has 10 nitrogen and oxygen atoms in total. The number of aryl methyl sites for hydroxylation is 1. The molecule has 3 aromatic heterocycles. The van der Waals surface area contributed by atoms with Crippen LogP contribution in [-0.2, 0) is 14.6 Å². The summed E-state index contributed by atoms with van der Waals surface area (Å²) in [5.74, 6) is 1.13. The van der Waals surface area contributed by atoms with Crippen molar-refractivity contribution in [3.8, 4) is 21.8 Å². The predicted octanol–water partition coefficient (Wildman–Crippen LogP) is 2.70. The molecule has 1 aliphatic rings. The number of aliphatic hydroxyl groups excluding tert-OH is 1. The van der Waals surface area contributed by atoms with Crippen LogP contribution in [-0.4, -0.2) is 71.6 Å². The maximum absolute atomic E-state index is 12.8. The van der Waals surface area contributed by atoms with Gasteiger partial charge in [0.05, 0.1) is 45.7 Å². The standard InChI is InChI=1S/C24H26N6O4S2/c1-14(31)13-36(32,33)18-5-3-4-16(10-18)20-15(2)19-21(35-20)23(30-6-8-34-9-7-30)29-22(28-19)17-11-26-24(25)27-12-17/h3-5,10-12,14,31H,6-9,13H2,1-2H3,(H2,25,26,27)/t14-/m0/s1. The van der Waals surface area contributed by atoms with Crippen LogP contribution >= 0.6 is 11.3 Å². The van der Waals surface area contributed by atoms with Crippen LogP contribution in [0.2, 0.25) is 0 Å². The van der Waals surface area contributed by atoms with E-state index in [1.54, 1.807) is 30.6 Å². The fourth-order valence-corrected chi connectivity index (χ4v) is 6.85. The number of benzene rings is 1. The first kappa shape index (κ1) is 24.5. The Morgan fingerprint density at radius 3 is 2.58 bits per heavy atom. The van der Waals surface area contributed by atoms with Gasteiger partial charge in [0.2, 0.25) is 5.95 Å². The highest BCUT2D eigenvalue weighted by Crippen LogP contribution is 2.42. The topological polar surface area (TPSA) is 144 Å². The number of hydrogen-bond acceptors (Lipinski definition) is 11. The van der Waals surface area contributed by atoms with Gasteiger partial charge in [-0.05, 0) is 37.1 Å². The highest BCUT2D eigenvalue weighted by molar-refractivity contribution is 7.91. The zero-order chi connectivity index (χ0) is 25.4. The number of aliphatic hydroxyl groups is 1. The van der Waals surface area contributed by atoms with Crippen molar-refractivity contribution in [3.05, 3.63) is 42.2 Å². The molecule has 1 saturated heterocycles. The lowest BCUT2D eigenvalue weighted by Gasteiger charge is -2.28. The first-order valence-corrected chi connectivity index (χ1v) is 13.9. The van der Waals surface area contributed by atoms with Crippen LogP contribution in [0, 0.1) is 6.92 Å². The highest BCUT2D eigenvalue weighted by Gasteiger charge is 2.24. The molecule has 3 N–H and O–H groups in total. The number of fused-ring (bicyclic) bond motifs is 1. The third-order valence-corrected chi connectivity index (χ3v) is 9.12. The number of hydrogen-bond donors (Lipinski definition) is 2. The van der Waals surface area contributed by atoms with E-state index in [0.29, 0.717) is 37.7 Å². The van der Waals surface area contributed by atoms with Gasteiger partial charge in [0.15, 0.2) is 21.5 Å². The summed E-state index contributed by atoms with van der Waals surface area (Å²) in [6.45, 7) is 6.04. The number of morpholine rings is 1. The van der Waals surface area contributed by atoms with Crippen LogP contribution in [0.3, 0.4) is 0 Å². The molecule has 1 atom stereocenters. The molecule has 1 fully saturated rings. The number of aromatic nitrogens is 4. The van der Waals surface area contributed by atoms with Gasteiger partial charge in [-0.25, -0.2) is 28.4 Å². The lowest BCUT2D eigenvalue weighted by molar-refractivity contribution is 0.122. The molecule has 1 aliphatic heterocycles. The average Bonchev–Trinajstić information content (AvgIpc) is 3.20. The van der Waals surface area contributed by atoms with Crippen LogP contribution < -0.4 is 10.6 Å². The van der Waals surface area contributed by atoms with E-state index in [1.807, 2.05) is 13.0 Å². The van der Waals surface area contributed by atoms with E-state index >= 15 is 0 Å². The number of rotatable bonds is 6. The molecule has 0 saturated carbocycles. The Morgan fingerprint density at radius 2 is 1.89 bits per heavy atom. The Bertz CT molecular complexity index is 1510. The van der Waals surface area contributed by atoms with Crippen molar-refractivity contribution >= 4 is 43.2 Å². The van der Waals surface area contributed by atoms with Gasteiger partial charge < -0.3 is 20.5 Å². The summed E-state index contributed by atoms with van der Waals surface area (Å²) in [7, 11) is -3.62. The van der Waals surface area contributed by atoms with Crippen molar-refractivity contribution in [2.75, 3.05) is 42.7 Å². The summed E-state index contributed by atoms with van der Waals surface area (Å²) in [6.07, 6.45) is 2.25. The number of thiophene rings is 1. The maximum atomic E-state index is 12.8. The van der Waals surface area contributed by atoms with Crippen molar-refractivity contribution in [1.82, 2.24) is 19.9 Å². The fraction of sp³-hybridized carbons (Fsp3) is 0.333. The normalized spacial score (nSPS) is 15.4.